The Bertz CT molecular complexity index is 891. The van der Waals surface area contributed by atoms with Crippen molar-refractivity contribution in [3.63, 3.8) is 0 Å². The van der Waals surface area contributed by atoms with Crippen molar-refractivity contribution in [2.75, 3.05) is 11.9 Å². The van der Waals surface area contributed by atoms with E-state index in [1.165, 1.54) is 6.39 Å². The summed E-state index contributed by atoms with van der Waals surface area (Å²) in [6, 6.07) is 14.0. The van der Waals surface area contributed by atoms with Crippen LogP contribution >= 0.6 is 11.6 Å². The molecular weight excluding hydrogens is 366 g/mol. The fraction of sp³-hybridized carbons (Fsp3) is 0.150. The molecule has 0 aliphatic heterocycles. The maximum atomic E-state index is 12.0. The van der Waals surface area contributed by atoms with Gasteiger partial charge >= 0.3 is 0 Å². The van der Waals surface area contributed by atoms with Crippen molar-refractivity contribution in [1.29, 1.82) is 0 Å². The molecule has 2 amide bonds. The highest BCUT2D eigenvalue weighted by Crippen LogP contribution is 2.20. The van der Waals surface area contributed by atoms with Crippen LogP contribution in [-0.2, 0) is 4.79 Å². The number of amides is 2. The lowest BCUT2D eigenvalue weighted by Crippen LogP contribution is -2.25. The molecule has 0 fully saturated rings. The van der Waals surface area contributed by atoms with Gasteiger partial charge in [-0.05, 0) is 55.0 Å². The first-order valence-electron chi connectivity index (χ1n) is 8.44. The van der Waals surface area contributed by atoms with Crippen molar-refractivity contribution in [2.45, 2.75) is 12.8 Å². The van der Waals surface area contributed by atoms with E-state index in [1.807, 2.05) is 12.1 Å². The van der Waals surface area contributed by atoms with Crippen LogP contribution in [0.15, 0.2) is 65.5 Å². The summed E-state index contributed by atoms with van der Waals surface area (Å²) in [5.41, 5.74) is 2.12. The smallest absolute Gasteiger partial charge is 0.251 e. The van der Waals surface area contributed by atoms with Crippen LogP contribution in [0.2, 0.25) is 5.02 Å². The molecule has 0 saturated heterocycles. The molecule has 1 aromatic heterocycles. The number of nitrogens with zero attached hydrogens (tertiary/aromatic N) is 1. The van der Waals surface area contributed by atoms with Crippen molar-refractivity contribution in [3.05, 3.63) is 71.7 Å². The Morgan fingerprint density at radius 1 is 1.04 bits per heavy atom. The minimum Gasteiger partial charge on any atom is -0.444 e. The molecule has 2 aromatic carbocycles. The second kappa shape index (κ2) is 9.00. The van der Waals surface area contributed by atoms with Crippen molar-refractivity contribution < 1.29 is 14.0 Å². The monoisotopic (exact) mass is 383 g/mol. The fourth-order valence-electron chi connectivity index (χ4n) is 2.45. The number of hydrogen-bond donors (Lipinski definition) is 2. The van der Waals surface area contributed by atoms with Crippen molar-refractivity contribution in [2.24, 2.45) is 0 Å². The van der Waals surface area contributed by atoms with Crippen LogP contribution in [0.4, 0.5) is 5.69 Å². The number of halogens is 1. The average molecular weight is 384 g/mol. The Morgan fingerprint density at radius 2 is 1.78 bits per heavy atom. The van der Waals surface area contributed by atoms with E-state index in [2.05, 4.69) is 15.6 Å². The van der Waals surface area contributed by atoms with Crippen LogP contribution in [0, 0.1) is 0 Å². The number of hydrogen-bond acceptors (Lipinski definition) is 4. The van der Waals surface area contributed by atoms with E-state index in [-0.39, 0.29) is 11.8 Å². The van der Waals surface area contributed by atoms with Crippen LogP contribution in [0.3, 0.4) is 0 Å². The van der Waals surface area contributed by atoms with Gasteiger partial charge in [0.2, 0.25) is 5.91 Å². The van der Waals surface area contributed by atoms with Gasteiger partial charge in [0.15, 0.2) is 12.2 Å². The Hall–Kier alpha value is -3.12. The van der Waals surface area contributed by atoms with Gasteiger partial charge in [0.05, 0.1) is 6.20 Å². The van der Waals surface area contributed by atoms with E-state index in [4.69, 9.17) is 16.0 Å². The summed E-state index contributed by atoms with van der Waals surface area (Å²) in [4.78, 5) is 27.8. The largest absolute Gasteiger partial charge is 0.444 e. The van der Waals surface area contributed by atoms with Crippen LogP contribution < -0.4 is 10.6 Å². The molecule has 138 valence electrons. The standard InChI is InChI=1S/C20H18ClN3O3/c21-16-7-3-15(4-8-16)20(26)23-11-1-2-19(25)24-17-9-5-14(6-10-17)18-12-22-13-27-18/h3-10,12-13H,1-2,11H2,(H,23,26)(H,24,25). The lowest BCUT2D eigenvalue weighted by atomic mass is 10.1. The zero-order chi connectivity index (χ0) is 19.1. The lowest BCUT2D eigenvalue weighted by molar-refractivity contribution is -0.116. The van der Waals surface area contributed by atoms with E-state index in [0.29, 0.717) is 41.4 Å². The molecule has 6 nitrogen and oxygen atoms in total. The van der Waals surface area contributed by atoms with Crippen LogP contribution in [0.25, 0.3) is 11.3 Å². The Kier molecular flexibility index (Phi) is 6.22. The van der Waals surface area contributed by atoms with Gasteiger partial charge in [-0.2, -0.15) is 0 Å². The number of oxazole rings is 1. The number of carbonyl (C=O) groups is 2. The minimum absolute atomic E-state index is 0.108. The van der Waals surface area contributed by atoms with Gasteiger partial charge in [0, 0.05) is 34.8 Å². The summed E-state index contributed by atoms with van der Waals surface area (Å²) < 4.78 is 5.22. The third-order valence-electron chi connectivity index (χ3n) is 3.86. The lowest BCUT2D eigenvalue weighted by Gasteiger charge is -2.07. The topological polar surface area (TPSA) is 84.2 Å². The summed E-state index contributed by atoms with van der Waals surface area (Å²) in [6.07, 6.45) is 3.86. The van der Waals surface area contributed by atoms with Crippen molar-refractivity contribution in [3.8, 4) is 11.3 Å². The first-order valence-corrected chi connectivity index (χ1v) is 8.82. The van der Waals surface area contributed by atoms with Gasteiger partial charge in [0.1, 0.15) is 0 Å². The molecule has 0 spiro atoms. The van der Waals surface area contributed by atoms with E-state index >= 15 is 0 Å². The Labute approximate surface area is 161 Å². The number of rotatable bonds is 7. The maximum absolute atomic E-state index is 12.0. The molecule has 3 aromatic rings. The Morgan fingerprint density at radius 3 is 2.44 bits per heavy atom. The fourth-order valence-corrected chi connectivity index (χ4v) is 2.58. The molecule has 1 heterocycles. The number of benzene rings is 2. The maximum Gasteiger partial charge on any atom is 0.251 e. The average Bonchev–Trinajstić information content (AvgIpc) is 3.21. The van der Waals surface area contributed by atoms with Gasteiger partial charge in [-0.1, -0.05) is 11.6 Å². The third-order valence-corrected chi connectivity index (χ3v) is 4.11. The highest BCUT2D eigenvalue weighted by atomic mass is 35.5. The van der Waals surface area contributed by atoms with Gasteiger partial charge in [-0.25, -0.2) is 4.98 Å². The third kappa shape index (κ3) is 5.43. The first-order chi connectivity index (χ1) is 13.1. The second-order valence-corrected chi connectivity index (χ2v) is 6.29. The molecule has 27 heavy (non-hydrogen) atoms. The van der Waals surface area contributed by atoms with Gasteiger partial charge < -0.3 is 15.1 Å². The SMILES string of the molecule is O=C(CCCNC(=O)c1ccc(Cl)cc1)Nc1ccc(-c2cnco2)cc1. The molecule has 2 N–H and O–H groups in total. The predicted molar refractivity (Wildman–Crippen MR) is 104 cm³/mol. The van der Waals surface area contributed by atoms with Crippen LogP contribution in [-0.4, -0.2) is 23.3 Å². The highest BCUT2D eigenvalue weighted by Gasteiger charge is 2.07. The van der Waals surface area contributed by atoms with Gasteiger partial charge in [0.25, 0.3) is 5.91 Å². The quantitative estimate of drug-likeness (QED) is 0.600. The van der Waals surface area contributed by atoms with Crippen molar-refractivity contribution >= 4 is 29.1 Å². The normalized spacial score (nSPS) is 10.4. The number of anilines is 1. The molecule has 7 heteroatoms. The predicted octanol–water partition coefficient (Wildman–Crippen LogP) is 4.14. The van der Waals surface area contributed by atoms with E-state index in [1.54, 1.807) is 42.6 Å². The molecule has 0 bridgehead atoms. The summed E-state index contributed by atoms with van der Waals surface area (Å²) >= 11 is 5.80. The molecule has 0 saturated carbocycles. The summed E-state index contributed by atoms with van der Waals surface area (Å²) in [5, 5.41) is 6.19. The highest BCUT2D eigenvalue weighted by molar-refractivity contribution is 6.30. The number of carbonyl (C=O) groups excluding carboxylic acids is 2. The molecule has 0 atom stereocenters. The zero-order valence-electron chi connectivity index (χ0n) is 14.4. The van der Waals surface area contributed by atoms with Gasteiger partial charge in [-0.3, -0.25) is 9.59 Å². The minimum atomic E-state index is -0.185. The summed E-state index contributed by atoms with van der Waals surface area (Å²) in [6.45, 7) is 0.416. The molecule has 3 rings (SSSR count). The van der Waals surface area contributed by atoms with E-state index in [0.717, 1.165) is 5.56 Å². The summed E-state index contributed by atoms with van der Waals surface area (Å²) in [7, 11) is 0. The van der Waals surface area contributed by atoms with Crippen molar-refractivity contribution in [1.82, 2.24) is 10.3 Å². The van der Waals surface area contributed by atoms with E-state index < -0.39 is 0 Å². The zero-order valence-corrected chi connectivity index (χ0v) is 15.2. The Balaban J connectivity index is 1.39. The van der Waals surface area contributed by atoms with E-state index in [9.17, 15) is 9.59 Å². The molecule has 0 radical (unpaired) electrons. The molecule has 0 aliphatic rings. The first kappa shape index (κ1) is 18.7. The number of nitrogens with one attached hydrogen (secondary N) is 2. The molecule has 0 unspecified atom stereocenters. The molecular formula is C20H18ClN3O3. The van der Waals surface area contributed by atoms with Crippen LogP contribution in [0.5, 0.6) is 0 Å². The molecule has 0 aliphatic carbocycles. The summed E-state index contributed by atoms with van der Waals surface area (Å²) in [5.74, 6) is 0.377. The van der Waals surface area contributed by atoms with Gasteiger partial charge in [-0.15, -0.1) is 0 Å². The number of aromatic nitrogens is 1. The second-order valence-electron chi connectivity index (χ2n) is 5.86. The van der Waals surface area contributed by atoms with Crippen LogP contribution in [0.1, 0.15) is 23.2 Å².